The topological polar surface area (TPSA) is 64.0 Å². The van der Waals surface area contributed by atoms with Gasteiger partial charge in [0.05, 0.1) is 5.69 Å². The van der Waals surface area contributed by atoms with E-state index >= 15 is 0 Å². The van der Waals surface area contributed by atoms with Gasteiger partial charge in [-0.3, -0.25) is 14.2 Å². The van der Waals surface area contributed by atoms with E-state index in [9.17, 15) is 9.59 Å². The van der Waals surface area contributed by atoms with Crippen LogP contribution >= 0.6 is 0 Å². The van der Waals surface area contributed by atoms with Crippen molar-refractivity contribution in [3.63, 3.8) is 0 Å². The molecule has 0 spiro atoms. The van der Waals surface area contributed by atoms with Crippen LogP contribution in [-0.2, 0) is 11.3 Å². The molecule has 0 saturated heterocycles. The third-order valence-electron chi connectivity index (χ3n) is 4.60. The quantitative estimate of drug-likeness (QED) is 0.591. The van der Waals surface area contributed by atoms with Gasteiger partial charge in [-0.25, -0.2) is 4.98 Å². The number of aryl methyl sites for hydroxylation is 1. The molecule has 0 aliphatic carbocycles. The fraction of sp³-hybridized carbons (Fsp3) is 0.0870. The van der Waals surface area contributed by atoms with E-state index in [-0.39, 0.29) is 18.0 Å². The zero-order chi connectivity index (χ0) is 19.5. The molecule has 4 aromatic rings. The lowest BCUT2D eigenvalue weighted by Gasteiger charge is -2.11. The van der Waals surface area contributed by atoms with Crippen LogP contribution in [-0.4, -0.2) is 15.5 Å². The van der Waals surface area contributed by atoms with Gasteiger partial charge in [0.2, 0.25) is 5.91 Å². The van der Waals surface area contributed by atoms with Crippen molar-refractivity contribution in [1.29, 1.82) is 0 Å². The second-order valence-electron chi connectivity index (χ2n) is 6.59. The minimum atomic E-state index is -0.269. The predicted molar refractivity (Wildman–Crippen MR) is 111 cm³/mol. The highest BCUT2D eigenvalue weighted by atomic mass is 16.2. The molecule has 1 heterocycles. The number of amides is 1. The Morgan fingerprint density at radius 2 is 1.64 bits per heavy atom. The number of hydrogen-bond donors (Lipinski definition) is 1. The second-order valence-corrected chi connectivity index (χ2v) is 6.59. The van der Waals surface area contributed by atoms with E-state index in [0.717, 1.165) is 16.3 Å². The van der Waals surface area contributed by atoms with Crippen LogP contribution in [0.5, 0.6) is 0 Å². The molecule has 5 nitrogen and oxygen atoms in total. The highest BCUT2D eigenvalue weighted by Gasteiger charge is 2.11. The van der Waals surface area contributed by atoms with Crippen LogP contribution in [0.15, 0.2) is 83.7 Å². The molecule has 5 heteroatoms. The average molecular weight is 369 g/mol. The number of carbonyl (C=O) groups excluding carboxylic acids is 1. The summed E-state index contributed by atoms with van der Waals surface area (Å²) in [5, 5.41) is 5.01. The van der Waals surface area contributed by atoms with Crippen molar-refractivity contribution in [2.75, 3.05) is 5.32 Å². The monoisotopic (exact) mass is 369 g/mol. The molecule has 0 radical (unpaired) electrons. The fourth-order valence-corrected chi connectivity index (χ4v) is 3.18. The lowest BCUT2D eigenvalue weighted by Crippen LogP contribution is -2.29. The maximum absolute atomic E-state index is 12.5. The van der Waals surface area contributed by atoms with Crippen molar-refractivity contribution in [2.24, 2.45) is 0 Å². The van der Waals surface area contributed by atoms with E-state index in [0.29, 0.717) is 17.2 Å². The van der Waals surface area contributed by atoms with Gasteiger partial charge in [0, 0.05) is 17.3 Å². The number of anilines is 1. The molecule has 0 aliphatic rings. The maximum atomic E-state index is 12.5. The van der Waals surface area contributed by atoms with Gasteiger partial charge in [-0.1, -0.05) is 60.7 Å². The number of nitrogens with one attached hydrogen (secondary N) is 1. The Balaban J connectivity index is 1.54. The average Bonchev–Trinajstić information content (AvgIpc) is 2.71. The Labute approximate surface area is 162 Å². The zero-order valence-corrected chi connectivity index (χ0v) is 15.4. The van der Waals surface area contributed by atoms with Crippen molar-refractivity contribution in [3.8, 4) is 11.3 Å². The molecule has 1 amide bonds. The normalized spacial score (nSPS) is 10.8. The van der Waals surface area contributed by atoms with Crippen molar-refractivity contribution < 1.29 is 4.79 Å². The molecular formula is C23H19N3O2. The minimum Gasteiger partial charge on any atom is -0.325 e. The Morgan fingerprint density at radius 1 is 0.929 bits per heavy atom. The summed E-state index contributed by atoms with van der Waals surface area (Å²) in [6.07, 6.45) is 0. The maximum Gasteiger partial charge on any atom is 0.254 e. The van der Waals surface area contributed by atoms with Crippen molar-refractivity contribution >= 4 is 22.4 Å². The van der Waals surface area contributed by atoms with E-state index in [4.69, 9.17) is 0 Å². The van der Waals surface area contributed by atoms with Gasteiger partial charge >= 0.3 is 0 Å². The first-order chi connectivity index (χ1) is 13.6. The van der Waals surface area contributed by atoms with Gasteiger partial charge in [0.25, 0.3) is 5.56 Å². The number of nitrogens with zero attached hydrogens (tertiary/aromatic N) is 2. The number of hydrogen-bond acceptors (Lipinski definition) is 3. The van der Waals surface area contributed by atoms with Crippen LogP contribution in [0.3, 0.4) is 0 Å². The van der Waals surface area contributed by atoms with Crippen LogP contribution in [0.2, 0.25) is 0 Å². The summed E-state index contributed by atoms with van der Waals surface area (Å²) in [5.74, 6) is 0.231. The summed E-state index contributed by atoms with van der Waals surface area (Å²) in [6.45, 7) is 1.65. The number of benzene rings is 3. The van der Waals surface area contributed by atoms with Gasteiger partial charge in [-0.15, -0.1) is 0 Å². The smallest absolute Gasteiger partial charge is 0.254 e. The van der Waals surface area contributed by atoms with E-state index in [1.807, 2.05) is 72.8 Å². The molecule has 0 atom stereocenters. The van der Waals surface area contributed by atoms with Crippen molar-refractivity contribution in [1.82, 2.24) is 9.55 Å². The molecular weight excluding hydrogens is 350 g/mol. The van der Waals surface area contributed by atoms with Gasteiger partial charge in [0.1, 0.15) is 12.4 Å². The predicted octanol–water partition coefficient (Wildman–Crippen LogP) is 4.01. The summed E-state index contributed by atoms with van der Waals surface area (Å²) in [7, 11) is 0. The standard InChI is InChI=1S/C23H19N3O2/c1-16-24-21(18-8-3-2-4-9-18)14-23(28)26(16)15-22(27)25-20-12-11-17-7-5-6-10-19(17)13-20/h2-14H,15H2,1H3,(H,25,27). The SMILES string of the molecule is Cc1nc(-c2ccccc2)cc(=O)n1CC(=O)Nc1ccc2ccccc2c1. The zero-order valence-electron chi connectivity index (χ0n) is 15.4. The molecule has 4 rings (SSSR count). The molecule has 1 N–H and O–H groups in total. The van der Waals surface area contributed by atoms with Gasteiger partial charge in [-0.05, 0) is 29.8 Å². The first-order valence-corrected chi connectivity index (χ1v) is 9.03. The molecule has 1 aromatic heterocycles. The van der Waals surface area contributed by atoms with Crippen molar-refractivity contribution in [3.05, 3.63) is 95.0 Å². The number of carbonyl (C=O) groups is 1. The number of aromatic nitrogens is 2. The number of rotatable bonds is 4. The molecule has 0 bridgehead atoms. The summed E-state index contributed by atoms with van der Waals surface area (Å²) in [5.41, 5.74) is 1.92. The van der Waals surface area contributed by atoms with Crippen LogP contribution in [0, 0.1) is 6.92 Å². The second kappa shape index (κ2) is 7.48. The van der Waals surface area contributed by atoms with Crippen LogP contribution in [0.4, 0.5) is 5.69 Å². The van der Waals surface area contributed by atoms with E-state index in [2.05, 4.69) is 10.3 Å². The summed E-state index contributed by atoms with van der Waals surface area (Å²) in [4.78, 5) is 29.5. The third-order valence-corrected chi connectivity index (χ3v) is 4.60. The Morgan fingerprint density at radius 3 is 2.39 bits per heavy atom. The summed E-state index contributed by atoms with van der Waals surface area (Å²) in [6, 6.07) is 24.6. The van der Waals surface area contributed by atoms with Gasteiger partial charge in [-0.2, -0.15) is 0 Å². The summed E-state index contributed by atoms with van der Waals surface area (Å²) >= 11 is 0. The lowest BCUT2D eigenvalue weighted by atomic mass is 10.1. The molecule has 0 unspecified atom stereocenters. The molecule has 3 aromatic carbocycles. The van der Waals surface area contributed by atoms with Crippen LogP contribution in [0.1, 0.15) is 5.82 Å². The first kappa shape index (κ1) is 17.7. The lowest BCUT2D eigenvalue weighted by molar-refractivity contribution is -0.116. The highest BCUT2D eigenvalue weighted by molar-refractivity contribution is 5.94. The van der Waals surface area contributed by atoms with Crippen LogP contribution < -0.4 is 10.9 Å². The molecule has 0 aliphatic heterocycles. The summed E-state index contributed by atoms with van der Waals surface area (Å²) < 4.78 is 1.38. The molecule has 0 saturated carbocycles. The Kier molecular flexibility index (Phi) is 4.72. The Hall–Kier alpha value is -3.73. The van der Waals surface area contributed by atoms with Gasteiger partial charge < -0.3 is 5.32 Å². The Bertz CT molecular complexity index is 1210. The minimum absolute atomic E-state index is 0.0838. The number of fused-ring (bicyclic) bond motifs is 1. The van der Waals surface area contributed by atoms with E-state index < -0.39 is 0 Å². The molecule has 0 fully saturated rings. The highest BCUT2D eigenvalue weighted by Crippen LogP contribution is 2.19. The first-order valence-electron chi connectivity index (χ1n) is 9.03. The third kappa shape index (κ3) is 3.69. The van der Waals surface area contributed by atoms with Crippen LogP contribution in [0.25, 0.3) is 22.0 Å². The largest absolute Gasteiger partial charge is 0.325 e. The van der Waals surface area contributed by atoms with Crippen molar-refractivity contribution in [2.45, 2.75) is 13.5 Å². The molecule has 138 valence electrons. The van der Waals surface area contributed by atoms with E-state index in [1.165, 1.54) is 10.6 Å². The van der Waals surface area contributed by atoms with Gasteiger partial charge in [0.15, 0.2) is 0 Å². The molecule has 28 heavy (non-hydrogen) atoms. The fourth-order valence-electron chi connectivity index (χ4n) is 3.18. The van der Waals surface area contributed by atoms with E-state index in [1.54, 1.807) is 6.92 Å².